The summed E-state index contributed by atoms with van der Waals surface area (Å²) < 4.78 is 0.818. The van der Waals surface area contributed by atoms with Crippen molar-refractivity contribution in [3.05, 3.63) is 44.5 Å². The lowest BCUT2D eigenvalue weighted by molar-refractivity contribution is 0.963. The van der Waals surface area contributed by atoms with Crippen molar-refractivity contribution >= 4 is 56.2 Å². The molecule has 0 aliphatic heterocycles. The fraction of sp³-hybridized carbons (Fsp3) is 0.154. The van der Waals surface area contributed by atoms with Crippen LogP contribution in [-0.4, -0.2) is 15.2 Å². The van der Waals surface area contributed by atoms with Gasteiger partial charge in [0.15, 0.2) is 5.82 Å². The smallest absolute Gasteiger partial charge is 0.163 e. The van der Waals surface area contributed by atoms with Gasteiger partial charge in [-0.2, -0.15) is 5.10 Å². The minimum atomic E-state index is 0.285. The lowest BCUT2D eigenvalue weighted by atomic mass is 10.1. The van der Waals surface area contributed by atoms with Crippen LogP contribution < -0.4 is 11.1 Å². The van der Waals surface area contributed by atoms with Gasteiger partial charge in [0, 0.05) is 9.50 Å². The molecule has 2 aromatic rings. The van der Waals surface area contributed by atoms with Crippen molar-refractivity contribution in [2.75, 3.05) is 5.32 Å². The van der Waals surface area contributed by atoms with Gasteiger partial charge in [-0.3, -0.25) is 0 Å². The Morgan fingerprint density at radius 1 is 1.35 bits per heavy atom. The molecule has 0 amide bonds. The Bertz CT molecular complexity index is 690. The van der Waals surface area contributed by atoms with Gasteiger partial charge >= 0.3 is 0 Å². The first-order valence-corrected chi connectivity index (χ1v) is 7.34. The molecule has 4 nitrogen and oxygen atoms in total. The Morgan fingerprint density at radius 3 is 2.65 bits per heavy atom. The lowest BCUT2D eigenvalue weighted by Crippen LogP contribution is -2.17. The molecule has 0 saturated heterocycles. The van der Waals surface area contributed by atoms with E-state index >= 15 is 0 Å². The maximum absolute atomic E-state index is 5.92. The Morgan fingerprint density at radius 2 is 2.05 bits per heavy atom. The van der Waals surface area contributed by atoms with E-state index in [9.17, 15) is 0 Å². The monoisotopic (exact) mass is 370 g/mol. The number of anilines is 2. The number of rotatable bonds is 3. The molecule has 0 radical (unpaired) electrons. The Labute approximate surface area is 135 Å². The third-order valence-electron chi connectivity index (χ3n) is 2.89. The topological polar surface area (TPSA) is 63.8 Å². The number of nitrogens with one attached hydrogen (secondary N) is 1. The van der Waals surface area contributed by atoms with Crippen molar-refractivity contribution in [1.82, 2.24) is 10.2 Å². The van der Waals surface area contributed by atoms with Gasteiger partial charge in [-0.15, -0.1) is 5.10 Å². The Balaban J connectivity index is 2.48. The van der Waals surface area contributed by atoms with Gasteiger partial charge in [0.05, 0.1) is 16.9 Å². The highest BCUT2D eigenvalue weighted by atomic mass is 79.9. The summed E-state index contributed by atoms with van der Waals surface area (Å²) in [5, 5.41) is 12.0. The van der Waals surface area contributed by atoms with Crippen molar-refractivity contribution in [3.63, 3.8) is 0 Å². The average Bonchev–Trinajstić information content (AvgIpc) is 2.36. The van der Waals surface area contributed by atoms with Crippen molar-refractivity contribution in [3.8, 4) is 0 Å². The summed E-state index contributed by atoms with van der Waals surface area (Å²) in [6.07, 6.45) is 0. The largest absolute Gasteiger partial charge is 0.389 e. The predicted octanol–water partition coefficient (Wildman–Crippen LogP) is 3.89. The molecule has 20 heavy (non-hydrogen) atoms. The van der Waals surface area contributed by atoms with Crippen LogP contribution in [0.3, 0.4) is 0 Å². The summed E-state index contributed by atoms with van der Waals surface area (Å²) in [7, 11) is 0. The van der Waals surface area contributed by atoms with Gasteiger partial charge < -0.3 is 11.1 Å². The molecule has 0 saturated carbocycles. The molecule has 0 bridgehead atoms. The number of nitrogens with zero attached hydrogens (tertiary/aromatic N) is 2. The molecular formula is C13H12BrClN4S. The molecule has 0 atom stereocenters. The fourth-order valence-electron chi connectivity index (χ4n) is 1.72. The summed E-state index contributed by atoms with van der Waals surface area (Å²) >= 11 is 14.5. The number of nitrogens with two attached hydrogens (primary N) is 1. The molecule has 0 aliphatic carbocycles. The van der Waals surface area contributed by atoms with Gasteiger partial charge in [-0.25, -0.2) is 0 Å². The van der Waals surface area contributed by atoms with Gasteiger partial charge in [0.25, 0.3) is 0 Å². The van der Waals surface area contributed by atoms with Crippen molar-refractivity contribution in [1.29, 1.82) is 0 Å². The Kier molecular flexibility index (Phi) is 4.57. The van der Waals surface area contributed by atoms with E-state index < -0.39 is 0 Å². The van der Waals surface area contributed by atoms with Gasteiger partial charge in [-0.1, -0.05) is 23.8 Å². The highest BCUT2D eigenvalue weighted by Gasteiger charge is 2.14. The van der Waals surface area contributed by atoms with Crippen LogP contribution in [0, 0.1) is 13.8 Å². The number of hydrogen-bond acceptors (Lipinski definition) is 4. The number of aromatic nitrogens is 2. The first kappa shape index (κ1) is 15.2. The molecule has 104 valence electrons. The van der Waals surface area contributed by atoms with Gasteiger partial charge in [0.2, 0.25) is 0 Å². The van der Waals surface area contributed by atoms with Crippen LogP contribution in [0.4, 0.5) is 11.5 Å². The zero-order valence-electron chi connectivity index (χ0n) is 10.9. The van der Waals surface area contributed by atoms with Crippen molar-refractivity contribution in [2.45, 2.75) is 13.8 Å². The number of halogens is 2. The van der Waals surface area contributed by atoms with E-state index in [4.69, 9.17) is 29.6 Å². The first-order valence-electron chi connectivity index (χ1n) is 5.76. The lowest BCUT2D eigenvalue weighted by Gasteiger charge is -2.14. The van der Waals surface area contributed by atoms with E-state index in [0.717, 1.165) is 21.4 Å². The van der Waals surface area contributed by atoms with Crippen molar-refractivity contribution in [2.24, 2.45) is 5.73 Å². The number of hydrogen-bond donors (Lipinski definition) is 2. The molecule has 0 spiro atoms. The van der Waals surface area contributed by atoms with E-state index in [1.54, 1.807) is 12.1 Å². The maximum atomic E-state index is 5.92. The molecule has 1 heterocycles. The second-order valence-corrected chi connectivity index (χ2v) is 5.98. The molecule has 1 aromatic carbocycles. The van der Waals surface area contributed by atoms with Gasteiger partial charge in [0.1, 0.15) is 4.99 Å². The highest BCUT2D eigenvalue weighted by molar-refractivity contribution is 9.10. The van der Waals surface area contributed by atoms with Crippen LogP contribution in [0.25, 0.3) is 0 Å². The summed E-state index contributed by atoms with van der Waals surface area (Å²) in [5.74, 6) is 0.531. The molecule has 0 aliphatic rings. The van der Waals surface area contributed by atoms with E-state index in [-0.39, 0.29) is 4.99 Å². The fourth-order valence-corrected chi connectivity index (χ4v) is 2.75. The maximum Gasteiger partial charge on any atom is 0.163 e. The molecule has 2 rings (SSSR count). The third-order valence-corrected chi connectivity index (χ3v) is 3.98. The third kappa shape index (κ3) is 3.08. The highest BCUT2D eigenvalue weighted by Crippen LogP contribution is 2.30. The minimum Gasteiger partial charge on any atom is -0.389 e. The summed E-state index contributed by atoms with van der Waals surface area (Å²) in [4.78, 5) is 0.285. The second-order valence-electron chi connectivity index (χ2n) is 4.25. The second kappa shape index (κ2) is 6.03. The number of aryl methyl sites for hydroxylation is 1. The van der Waals surface area contributed by atoms with Crippen LogP contribution in [0.15, 0.2) is 22.7 Å². The summed E-state index contributed by atoms with van der Waals surface area (Å²) in [6.45, 7) is 3.78. The van der Waals surface area contributed by atoms with Crippen LogP contribution >= 0.6 is 39.7 Å². The van der Waals surface area contributed by atoms with Crippen LogP contribution in [0.2, 0.25) is 5.02 Å². The van der Waals surface area contributed by atoms with E-state index in [0.29, 0.717) is 16.4 Å². The zero-order valence-corrected chi connectivity index (χ0v) is 14.0. The van der Waals surface area contributed by atoms with E-state index in [1.807, 2.05) is 19.9 Å². The summed E-state index contributed by atoms with van der Waals surface area (Å²) in [6, 6.07) is 5.41. The SMILES string of the molecule is Cc1nnc(Nc2ccc(Cl)cc2Br)c(C(N)=S)c1C. The molecule has 1 aromatic heterocycles. The summed E-state index contributed by atoms with van der Waals surface area (Å²) in [5.41, 5.74) is 9.02. The Hall–Kier alpha value is -1.24. The van der Waals surface area contributed by atoms with E-state index in [2.05, 4.69) is 31.4 Å². The van der Waals surface area contributed by atoms with Crippen LogP contribution in [0.5, 0.6) is 0 Å². The zero-order chi connectivity index (χ0) is 14.9. The first-order chi connectivity index (χ1) is 9.40. The number of benzene rings is 1. The molecule has 0 unspecified atom stereocenters. The van der Waals surface area contributed by atoms with E-state index in [1.165, 1.54) is 0 Å². The minimum absolute atomic E-state index is 0.285. The predicted molar refractivity (Wildman–Crippen MR) is 89.8 cm³/mol. The normalized spacial score (nSPS) is 10.4. The molecule has 3 N–H and O–H groups in total. The number of thiocarbonyl (C=S) groups is 1. The quantitative estimate of drug-likeness (QED) is 0.801. The molecule has 7 heteroatoms. The standard InChI is InChI=1S/C13H12BrClN4S/c1-6-7(2)18-19-13(11(6)12(16)20)17-10-4-3-8(15)5-9(10)14/h3-5H,1-2H3,(H2,16,20)(H,17,19). The van der Waals surface area contributed by atoms with Crippen molar-refractivity contribution < 1.29 is 0 Å². The van der Waals surface area contributed by atoms with Gasteiger partial charge in [-0.05, 0) is 53.5 Å². The van der Waals surface area contributed by atoms with Crippen LogP contribution in [-0.2, 0) is 0 Å². The molecular weight excluding hydrogens is 360 g/mol. The van der Waals surface area contributed by atoms with Crippen LogP contribution in [0.1, 0.15) is 16.8 Å². The molecule has 0 fully saturated rings. The average molecular weight is 372 g/mol.